The summed E-state index contributed by atoms with van der Waals surface area (Å²) in [5.74, 6) is -1.34. The number of rotatable bonds is 10. The minimum atomic E-state index is -0.621. The number of carbonyl (C=O) groups excluding carboxylic acids is 3. The fourth-order valence-corrected chi connectivity index (χ4v) is 6.32. The van der Waals surface area contributed by atoms with Crippen LogP contribution in [0.3, 0.4) is 0 Å². The molecule has 0 fully saturated rings. The molecule has 8 nitrogen and oxygen atoms in total. The van der Waals surface area contributed by atoms with E-state index < -0.39 is 17.1 Å². The molecule has 1 atom stereocenters. The van der Waals surface area contributed by atoms with Gasteiger partial charge >= 0.3 is 0 Å². The fourth-order valence-electron chi connectivity index (χ4n) is 4.14. The van der Waals surface area contributed by atoms with Crippen molar-refractivity contribution in [2.24, 2.45) is 0 Å². The number of amides is 3. The Morgan fingerprint density at radius 1 is 0.822 bits per heavy atom. The second-order valence-electron chi connectivity index (χ2n) is 9.52. The average molecular weight is 675 g/mol. The highest BCUT2D eigenvalue weighted by Crippen LogP contribution is 2.37. The van der Waals surface area contributed by atoms with Crippen LogP contribution in [0, 0.1) is 6.92 Å². The van der Waals surface area contributed by atoms with Crippen LogP contribution in [0.4, 0.5) is 10.8 Å². The van der Waals surface area contributed by atoms with E-state index >= 15 is 0 Å². The summed E-state index contributed by atoms with van der Waals surface area (Å²) in [5, 5.41) is 17.5. The molecule has 5 aromatic rings. The number of hydrogen-bond acceptors (Lipinski definition) is 7. The van der Waals surface area contributed by atoms with Crippen molar-refractivity contribution in [3.05, 3.63) is 141 Å². The van der Waals surface area contributed by atoms with Crippen molar-refractivity contribution >= 4 is 80.9 Å². The average Bonchev–Trinajstić information content (AvgIpc) is 3.46. The summed E-state index contributed by atoms with van der Waals surface area (Å²) in [6.07, 6.45) is 1.43. The van der Waals surface area contributed by atoms with Crippen LogP contribution in [0.5, 0.6) is 0 Å². The molecule has 45 heavy (non-hydrogen) atoms. The van der Waals surface area contributed by atoms with Crippen LogP contribution in [-0.2, 0) is 9.59 Å². The number of benzene rings is 4. The molecule has 3 amide bonds. The zero-order chi connectivity index (χ0) is 31.8. The number of nitrogens with one attached hydrogen (secondary N) is 3. The van der Waals surface area contributed by atoms with Gasteiger partial charge < -0.3 is 10.6 Å². The zero-order valence-electron chi connectivity index (χ0n) is 23.7. The molecule has 4 aromatic carbocycles. The van der Waals surface area contributed by atoms with Gasteiger partial charge in [-0.25, -0.2) is 0 Å². The smallest absolute Gasteiger partial charge is 0.272 e. The molecular formula is C33H25Cl2N5O3S2. The van der Waals surface area contributed by atoms with Gasteiger partial charge in [-0.15, -0.1) is 22.0 Å². The first-order chi connectivity index (χ1) is 21.8. The quantitative estimate of drug-likeness (QED) is 0.102. The predicted molar refractivity (Wildman–Crippen MR) is 182 cm³/mol. The third-order valence-electron chi connectivity index (χ3n) is 6.26. The molecule has 0 aliphatic heterocycles. The molecule has 3 N–H and O–H groups in total. The highest BCUT2D eigenvalue weighted by molar-refractivity contribution is 8.00. The topological polar surface area (TPSA) is 113 Å². The predicted octanol–water partition coefficient (Wildman–Crippen LogP) is 8.04. The maximum Gasteiger partial charge on any atom is 0.272 e. The van der Waals surface area contributed by atoms with Gasteiger partial charge in [-0.2, -0.15) is 0 Å². The van der Waals surface area contributed by atoms with E-state index in [1.54, 1.807) is 66.7 Å². The minimum absolute atomic E-state index is 0.0641. The van der Waals surface area contributed by atoms with Gasteiger partial charge in [0.2, 0.25) is 11.0 Å². The van der Waals surface area contributed by atoms with E-state index in [1.807, 2.05) is 43.3 Å². The maximum atomic E-state index is 13.6. The standard InChI is InChI=1S/C33H25Cl2N5O3S2/c1-20-39-40-33(44-20)38-32(43)29(21-10-4-2-5-11-21)45-24-15-8-14-23(18-24)36-31(42)28(19-25-26(34)16-9-17-27(25)35)37-30(41)22-12-6-3-7-13-22/h2-19,29H,1H3,(H,36,42)(H,37,41)(H,38,40,43)/b28-19+. The number of carbonyl (C=O) groups is 3. The van der Waals surface area contributed by atoms with Crippen LogP contribution in [-0.4, -0.2) is 27.9 Å². The Labute approximate surface area is 277 Å². The van der Waals surface area contributed by atoms with E-state index in [-0.39, 0.29) is 11.6 Å². The molecular weight excluding hydrogens is 649 g/mol. The van der Waals surface area contributed by atoms with Crippen molar-refractivity contribution in [3.8, 4) is 0 Å². The van der Waals surface area contributed by atoms with Gasteiger partial charge in [0.1, 0.15) is 16.0 Å². The number of anilines is 2. The summed E-state index contributed by atoms with van der Waals surface area (Å²) in [7, 11) is 0. The number of nitrogens with zero attached hydrogens (tertiary/aromatic N) is 2. The van der Waals surface area contributed by atoms with Crippen LogP contribution in [0.25, 0.3) is 6.08 Å². The molecule has 0 saturated carbocycles. The van der Waals surface area contributed by atoms with Crippen molar-refractivity contribution in [2.45, 2.75) is 17.1 Å². The monoisotopic (exact) mass is 673 g/mol. The van der Waals surface area contributed by atoms with Crippen molar-refractivity contribution in [3.63, 3.8) is 0 Å². The first-order valence-electron chi connectivity index (χ1n) is 13.5. The first-order valence-corrected chi connectivity index (χ1v) is 16.0. The summed E-state index contributed by atoms with van der Waals surface area (Å²) in [5.41, 5.74) is 1.92. The van der Waals surface area contributed by atoms with Crippen LogP contribution in [0.2, 0.25) is 10.0 Å². The lowest BCUT2D eigenvalue weighted by molar-refractivity contribution is -0.116. The van der Waals surface area contributed by atoms with E-state index in [4.69, 9.17) is 23.2 Å². The summed E-state index contributed by atoms with van der Waals surface area (Å²) >= 11 is 15.4. The molecule has 0 radical (unpaired) electrons. The SMILES string of the molecule is Cc1nnc(NC(=O)C(Sc2cccc(NC(=O)/C(=C\c3c(Cl)cccc3Cl)NC(=O)c3ccccc3)c2)c2ccccc2)s1. The van der Waals surface area contributed by atoms with Crippen LogP contribution in [0.1, 0.15) is 31.7 Å². The maximum absolute atomic E-state index is 13.6. The Kier molecular flexibility index (Phi) is 10.6. The molecule has 0 spiro atoms. The Bertz CT molecular complexity index is 1850. The van der Waals surface area contributed by atoms with Gasteiger partial charge in [0.15, 0.2) is 0 Å². The number of aromatic nitrogens is 2. The van der Waals surface area contributed by atoms with Crippen LogP contribution >= 0.6 is 46.3 Å². The molecule has 0 bridgehead atoms. The Hall–Kier alpha value is -4.48. The number of thioether (sulfide) groups is 1. The first kappa shape index (κ1) is 31.9. The number of hydrogen-bond donors (Lipinski definition) is 3. The van der Waals surface area contributed by atoms with Crippen molar-refractivity contribution in [1.82, 2.24) is 15.5 Å². The molecule has 226 valence electrons. The van der Waals surface area contributed by atoms with E-state index in [9.17, 15) is 14.4 Å². The van der Waals surface area contributed by atoms with E-state index in [0.717, 1.165) is 15.5 Å². The molecule has 0 aliphatic carbocycles. The summed E-state index contributed by atoms with van der Waals surface area (Å²) in [6.45, 7) is 1.81. The Balaban J connectivity index is 1.39. The second kappa shape index (κ2) is 15.0. The lowest BCUT2D eigenvalue weighted by atomic mass is 10.1. The van der Waals surface area contributed by atoms with Gasteiger partial charge in [0, 0.05) is 31.8 Å². The molecule has 5 rings (SSSR count). The number of aryl methyl sites for hydroxylation is 1. The normalized spacial score (nSPS) is 11.8. The second-order valence-corrected chi connectivity index (χ2v) is 12.7. The summed E-state index contributed by atoms with van der Waals surface area (Å²) < 4.78 is 0. The lowest BCUT2D eigenvalue weighted by Crippen LogP contribution is -2.30. The Morgan fingerprint density at radius 3 is 2.16 bits per heavy atom. The summed E-state index contributed by atoms with van der Waals surface area (Å²) in [4.78, 5) is 40.8. The number of halogens is 2. The molecule has 12 heteroatoms. The lowest BCUT2D eigenvalue weighted by Gasteiger charge is -2.17. The van der Waals surface area contributed by atoms with Crippen molar-refractivity contribution in [1.29, 1.82) is 0 Å². The van der Waals surface area contributed by atoms with Gasteiger partial charge in [-0.3, -0.25) is 19.7 Å². The molecule has 0 aliphatic rings. The molecule has 1 unspecified atom stereocenters. The molecule has 1 heterocycles. The van der Waals surface area contributed by atoms with E-state index in [2.05, 4.69) is 26.1 Å². The van der Waals surface area contributed by atoms with E-state index in [1.165, 1.54) is 29.2 Å². The van der Waals surface area contributed by atoms with Crippen LogP contribution < -0.4 is 16.0 Å². The summed E-state index contributed by atoms with van der Waals surface area (Å²) in [6, 6.07) is 29.9. The zero-order valence-corrected chi connectivity index (χ0v) is 26.8. The van der Waals surface area contributed by atoms with Crippen molar-refractivity contribution < 1.29 is 14.4 Å². The third-order valence-corrected chi connectivity index (χ3v) is 8.92. The van der Waals surface area contributed by atoms with Crippen molar-refractivity contribution in [2.75, 3.05) is 10.6 Å². The molecule has 1 aromatic heterocycles. The molecule has 0 saturated heterocycles. The highest BCUT2D eigenvalue weighted by Gasteiger charge is 2.24. The van der Waals surface area contributed by atoms with Gasteiger partial charge in [-0.05, 0) is 61.0 Å². The van der Waals surface area contributed by atoms with Crippen LogP contribution in [0.15, 0.2) is 114 Å². The minimum Gasteiger partial charge on any atom is -0.321 e. The Morgan fingerprint density at radius 2 is 1.49 bits per heavy atom. The van der Waals surface area contributed by atoms with E-state index in [0.29, 0.717) is 32.0 Å². The highest BCUT2D eigenvalue weighted by atomic mass is 35.5. The van der Waals surface area contributed by atoms with Gasteiger partial charge in [0.25, 0.3) is 11.8 Å². The largest absolute Gasteiger partial charge is 0.321 e. The fraction of sp³-hybridized carbons (Fsp3) is 0.0606. The third kappa shape index (κ3) is 8.58. The van der Waals surface area contributed by atoms with Gasteiger partial charge in [-0.1, -0.05) is 95.2 Å². The van der Waals surface area contributed by atoms with Gasteiger partial charge in [0.05, 0.1) is 0 Å².